The number of carbonyl (C=O) groups is 2. The van der Waals surface area contributed by atoms with Gasteiger partial charge in [-0.25, -0.2) is 4.39 Å². The van der Waals surface area contributed by atoms with Gasteiger partial charge >= 0.3 is 0 Å². The number of rotatable bonds is 4. The Morgan fingerprint density at radius 1 is 1.35 bits per heavy atom. The molecule has 1 aromatic rings. The summed E-state index contributed by atoms with van der Waals surface area (Å²) in [5, 5.41) is 2.71. The van der Waals surface area contributed by atoms with E-state index >= 15 is 0 Å². The second kappa shape index (κ2) is 9.05. The van der Waals surface area contributed by atoms with E-state index in [2.05, 4.69) is 5.32 Å². The molecule has 1 aliphatic heterocycles. The summed E-state index contributed by atoms with van der Waals surface area (Å²) in [6, 6.07) is 4.07. The van der Waals surface area contributed by atoms with E-state index in [-0.39, 0.29) is 35.2 Å². The minimum Gasteiger partial charge on any atom is -0.343 e. The van der Waals surface area contributed by atoms with Crippen LogP contribution in [0.3, 0.4) is 0 Å². The van der Waals surface area contributed by atoms with Crippen LogP contribution in [0, 0.1) is 11.7 Å². The number of anilines is 1. The van der Waals surface area contributed by atoms with Crippen LogP contribution in [0.2, 0.25) is 5.02 Å². The third-order valence-electron chi connectivity index (χ3n) is 3.76. The van der Waals surface area contributed by atoms with Gasteiger partial charge in [0.25, 0.3) is 0 Å². The molecule has 0 bridgehead atoms. The first kappa shape index (κ1) is 19.7. The molecule has 0 atom stereocenters. The topological polar surface area (TPSA) is 75.4 Å². The lowest BCUT2D eigenvalue weighted by atomic mass is 9.95. The number of piperidine rings is 1. The average molecular weight is 364 g/mol. The largest absolute Gasteiger partial charge is 0.343 e. The van der Waals surface area contributed by atoms with Crippen molar-refractivity contribution in [1.29, 1.82) is 0 Å². The Balaban J connectivity index is 0.00000264. The molecule has 128 valence electrons. The number of hydrogen-bond acceptors (Lipinski definition) is 3. The third-order valence-corrected chi connectivity index (χ3v) is 4.05. The number of benzene rings is 1. The van der Waals surface area contributed by atoms with Gasteiger partial charge in [-0.3, -0.25) is 9.59 Å². The molecule has 1 aromatic carbocycles. The normalized spacial score (nSPS) is 15.0. The van der Waals surface area contributed by atoms with E-state index in [0.717, 1.165) is 0 Å². The molecule has 8 heteroatoms. The zero-order valence-corrected chi connectivity index (χ0v) is 14.1. The molecule has 0 unspecified atom stereocenters. The van der Waals surface area contributed by atoms with Gasteiger partial charge < -0.3 is 16.0 Å². The molecule has 0 aliphatic carbocycles. The Labute approximate surface area is 145 Å². The summed E-state index contributed by atoms with van der Waals surface area (Å²) >= 11 is 5.69. The summed E-state index contributed by atoms with van der Waals surface area (Å²) in [5.74, 6) is -0.780. The predicted molar refractivity (Wildman–Crippen MR) is 90.3 cm³/mol. The number of nitrogens with two attached hydrogens (primary N) is 1. The van der Waals surface area contributed by atoms with Crippen molar-refractivity contribution in [2.45, 2.75) is 19.3 Å². The quantitative estimate of drug-likeness (QED) is 0.862. The summed E-state index contributed by atoms with van der Waals surface area (Å²) in [6.07, 6.45) is 1.55. The fraction of sp³-hybridized carbons (Fsp3) is 0.467. The highest BCUT2D eigenvalue weighted by molar-refractivity contribution is 6.31. The first-order chi connectivity index (χ1) is 10.5. The van der Waals surface area contributed by atoms with Gasteiger partial charge in [0, 0.05) is 37.7 Å². The van der Waals surface area contributed by atoms with Crippen molar-refractivity contribution in [3.63, 3.8) is 0 Å². The Kier molecular flexibility index (Phi) is 7.75. The van der Waals surface area contributed by atoms with Gasteiger partial charge in [-0.1, -0.05) is 11.6 Å². The van der Waals surface area contributed by atoms with Crippen LogP contribution in [0.15, 0.2) is 18.2 Å². The number of hydrogen-bond donors (Lipinski definition) is 2. The van der Waals surface area contributed by atoms with Crippen LogP contribution in [-0.2, 0) is 9.59 Å². The maximum atomic E-state index is 13.1. The average Bonchev–Trinajstić information content (AvgIpc) is 2.51. The zero-order valence-electron chi connectivity index (χ0n) is 12.6. The lowest BCUT2D eigenvalue weighted by Crippen LogP contribution is -2.42. The van der Waals surface area contributed by atoms with Gasteiger partial charge in [0.15, 0.2) is 0 Å². The molecule has 1 heterocycles. The van der Waals surface area contributed by atoms with Crippen molar-refractivity contribution in [2.75, 3.05) is 25.0 Å². The van der Waals surface area contributed by atoms with E-state index in [0.29, 0.717) is 44.6 Å². The molecular weight excluding hydrogens is 344 g/mol. The first-order valence-corrected chi connectivity index (χ1v) is 7.63. The van der Waals surface area contributed by atoms with Crippen molar-refractivity contribution in [1.82, 2.24) is 4.90 Å². The molecule has 2 rings (SSSR count). The van der Waals surface area contributed by atoms with E-state index in [4.69, 9.17) is 17.3 Å². The van der Waals surface area contributed by atoms with Crippen molar-refractivity contribution in [3.05, 3.63) is 29.0 Å². The molecule has 1 aliphatic rings. The van der Waals surface area contributed by atoms with Crippen molar-refractivity contribution >= 4 is 41.5 Å². The molecule has 1 saturated heterocycles. The first-order valence-electron chi connectivity index (χ1n) is 7.25. The summed E-state index contributed by atoms with van der Waals surface area (Å²) < 4.78 is 13.1. The van der Waals surface area contributed by atoms with Gasteiger partial charge in [0.05, 0.1) is 5.02 Å². The van der Waals surface area contributed by atoms with E-state index < -0.39 is 5.82 Å². The number of amides is 2. The second-order valence-electron chi connectivity index (χ2n) is 5.31. The maximum absolute atomic E-state index is 13.1. The molecule has 0 radical (unpaired) electrons. The number of halogens is 3. The smallest absolute Gasteiger partial charge is 0.227 e. The van der Waals surface area contributed by atoms with Gasteiger partial charge in [0.2, 0.25) is 11.8 Å². The Morgan fingerprint density at radius 2 is 2.00 bits per heavy atom. The standard InChI is InChI=1S/C15H19ClFN3O2.ClH/c16-12-9-11(1-2-13(12)17)19-15(22)10-4-7-20(8-5-10)14(21)3-6-18;/h1-2,9-10H,3-8,18H2,(H,19,22);1H. The highest BCUT2D eigenvalue weighted by Crippen LogP contribution is 2.22. The van der Waals surface area contributed by atoms with Gasteiger partial charge in [0.1, 0.15) is 5.82 Å². The maximum Gasteiger partial charge on any atom is 0.227 e. The Bertz CT molecular complexity index is 564. The van der Waals surface area contributed by atoms with Crippen LogP contribution in [-0.4, -0.2) is 36.3 Å². The van der Waals surface area contributed by atoms with Crippen LogP contribution in [0.5, 0.6) is 0 Å². The molecule has 0 spiro atoms. The molecule has 3 N–H and O–H groups in total. The van der Waals surface area contributed by atoms with E-state index in [1.165, 1.54) is 18.2 Å². The van der Waals surface area contributed by atoms with Crippen LogP contribution >= 0.6 is 24.0 Å². The van der Waals surface area contributed by atoms with Crippen LogP contribution in [0.4, 0.5) is 10.1 Å². The van der Waals surface area contributed by atoms with Gasteiger partial charge in [-0.2, -0.15) is 0 Å². The van der Waals surface area contributed by atoms with Crippen LogP contribution in [0.1, 0.15) is 19.3 Å². The van der Waals surface area contributed by atoms with E-state index in [1.54, 1.807) is 4.90 Å². The van der Waals surface area contributed by atoms with E-state index in [9.17, 15) is 14.0 Å². The Hall–Kier alpha value is -1.37. The zero-order chi connectivity index (χ0) is 16.1. The van der Waals surface area contributed by atoms with Gasteiger partial charge in [-0.05, 0) is 31.0 Å². The second-order valence-corrected chi connectivity index (χ2v) is 5.72. The van der Waals surface area contributed by atoms with Crippen molar-refractivity contribution in [3.8, 4) is 0 Å². The SMILES string of the molecule is Cl.NCCC(=O)N1CCC(C(=O)Nc2ccc(F)c(Cl)c2)CC1. The van der Waals surface area contributed by atoms with Gasteiger partial charge in [-0.15, -0.1) is 12.4 Å². The fourth-order valence-electron chi connectivity index (χ4n) is 2.49. The number of carbonyl (C=O) groups excluding carboxylic acids is 2. The van der Waals surface area contributed by atoms with Crippen molar-refractivity contribution < 1.29 is 14.0 Å². The molecule has 0 saturated carbocycles. The minimum absolute atomic E-state index is 0. The highest BCUT2D eigenvalue weighted by atomic mass is 35.5. The number of likely N-dealkylation sites (tertiary alicyclic amines) is 1. The summed E-state index contributed by atoms with van der Waals surface area (Å²) in [4.78, 5) is 25.7. The molecule has 1 fully saturated rings. The molecule has 23 heavy (non-hydrogen) atoms. The molecule has 5 nitrogen and oxygen atoms in total. The summed E-state index contributed by atoms with van der Waals surface area (Å²) in [5.41, 5.74) is 5.84. The Morgan fingerprint density at radius 3 is 2.57 bits per heavy atom. The van der Waals surface area contributed by atoms with E-state index in [1.807, 2.05) is 0 Å². The highest BCUT2D eigenvalue weighted by Gasteiger charge is 2.27. The summed E-state index contributed by atoms with van der Waals surface area (Å²) in [7, 11) is 0. The monoisotopic (exact) mass is 363 g/mol. The van der Waals surface area contributed by atoms with Crippen LogP contribution < -0.4 is 11.1 Å². The van der Waals surface area contributed by atoms with Crippen molar-refractivity contribution in [2.24, 2.45) is 11.7 Å². The van der Waals surface area contributed by atoms with Crippen LogP contribution in [0.25, 0.3) is 0 Å². The summed E-state index contributed by atoms with van der Waals surface area (Å²) in [6.45, 7) is 1.45. The lowest BCUT2D eigenvalue weighted by Gasteiger charge is -2.31. The predicted octanol–water partition coefficient (Wildman–Crippen LogP) is 2.43. The number of nitrogens with one attached hydrogen (secondary N) is 1. The number of nitrogens with zero attached hydrogens (tertiary/aromatic N) is 1. The lowest BCUT2D eigenvalue weighted by molar-refractivity contribution is -0.134. The fourth-order valence-corrected chi connectivity index (χ4v) is 2.67. The minimum atomic E-state index is -0.522. The third kappa shape index (κ3) is 5.34. The molecular formula is C15H20Cl2FN3O2. The molecule has 2 amide bonds. The molecule has 0 aromatic heterocycles.